The van der Waals surface area contributed by atoms with Gasteiger partial charge >= 0.3 is 0 Å². The molecule has 0 bridgehead atoms. The summed E-state index contributed by atoms with van der Waals surface area (Å²) in [6.07, 6.45) is 4.06. The van der Waals surface area contributed by atoms with Gasteiger partial charge in [0.1, 0.15) is 0 Å². The number of nitrogens with one attached hydrogen (secondary N) is 1. The van der Waals surface area contributed by atoms with Crippen LogP contribution in [0.4, 0.5) is 0 Å². The second-order valence-corrected chi connectivity index (χ2v) is 6.74. The fourth-order valence-electron chi connectivity index (χ4n) is 3.31. The van der Waals surface area contributed by atoms with Crippen molar-refractivity contribution in [2.75, 3.05) is 20.1 Å². The van der Waals surface area contributed by atoms with Crippen molar-refractivity contribution in [1.82, 2.24) is 10.2 Å². The zero-order valence-corrected chi connectivity index (χ0v) is 12.7. The van der Waals surface area contributed by atoms with Crippen LogP contribution < -0.4 is 5.32 Å². The Balaban J connectivity index is 2.63. The molecule has 0 aliphatic heterocycles. The number of nitrogens with zero attached hydrogens (tertiary/aromatic N) is 1. The van der Waals surface area contributed by atoms with Crippen LogP contribution in [0.1, 0.15) is 53.9 Å². The summed E-state index contributed by atoms with van der Waals surface area (Å²) in [6, 6.07) is 1.39. The molecule has 0 spiro atoms. The first kappa shape index (κ1) is 15.0. The Labute approximate surface area is 108 Å². The van der Waals surface area contributed by atoms with E-state index in [1.807, 2.05) is 0 Å². The fourth-order valence-corrected chi connectivity index (χ4v) is 3.31. The van der Waals surface area contributed by atoms with Gasteiger partial charge in [-0.15, -0.1) is 0 Å². The summed E-state index contributed by atoms with van der Waals surface area (Å²) in [7, 11) is 2.13. The van der Waals surface area contributed by atoms with E-state index in [1.165, 1.54) is 32.4 Å². The van der Waals surface area contributed by atoms with Crippen LogP contribution in [0, 0.1) is 11.3 Å². The summed E-state index contributed by atoms with van der Waals surface area (Å²) in [5, 5.41) is 3.53. The summed E-state index contributed by atoms with van der Waals surface area (Å²) in [6.45, 7) is 14.2. The van der Waals surface area contributed by atoms with Crippen molar-refractivity contribution in [3.05, 3.63) is 0 Å². The summed E-state index contributed by atoms with van der Waals surface area (Å²) < 4.78 is 0. The highest BCUT2D eigenvalue weighted by atomic mass is 15.1. The second-order valence-electron chi connectivity index (χ2n) is 6.74. The molecule has 102 valence electrons. The third-order valence-corrected chi connectivity index (χ3v) is 4.49. The molecule has 0 saturated heterocycles. The molecule has 1 N–H and O–H groups in total. The van der Waals surface area contributed by atoms with Crippen LogP contribution in [0.5, 0.6) is 0 Å². The highest BCUT2D eigenvalue weighted by Gasteiger charge is 2.34. The topological polar surface area (TPSA) is 15.3 Å². The minimum atomic E-state index is 0.536. The molecule has 0 heterocycles. The van der Waals surface area contributed by atoms with Gasteiger partial charge in [0, 0.05) is 18.6 Å². The predicted octanol–water partition coefficient (Wildman–Crippen LogP) is 3.13. The van der Waals surface area contributed by atoms with Crippen LogP contribution in [0.25, 0.3) is 0 Å². The number of hydrogen-bond acceptors (Lipinski definition) is 2. The van der Waals surface area contributed by atoms with Gasteiger partial charge in [-0.05, 0) is 58.0 Å². The van der Waals surface area contributed by atoms with Gasteiger partial charge in [0.25, 0.3) is 0 Å². The van der Waals surface area contributed by atoms with E-state index in [1.54, 1.807) is 0 Å². The van der Waals surface area contributed by atoms with Crippen molar-refractivity contribution in [3.63, 3.8) is 0 Å². The standard InChI is InChI=1S/C15H32N2/c1-7-17(12(2)3)11-13-10-15(4,5)9-8-14(13)16-6/h12-14,16H,7-11H2,1-6H3. The molecule has 0 aromatic rings. The summed E-state index contributed by atoms with van der Waals surface area (Å²) >= 11 is 0. The van der Waals surface area contributed by atoms with E-state index in [0.717, 1.165) is 12.0 Å². The molecule has 0 amide bonds. The Bertz CT molecular complexity index is 223. The molecule has 1 aliphatic rings. The molecule has 0 aromatic carbocycles. The molecule has 0 radical (unpaired) electrons. The lowest BCUT2D eigenvalue weighted by Crippen LogP contribution is -2.47. The zero-order chi connectivity index (χ0) is 13.1. The molecule has 2 nitrogen and oxygen atoms in total. The minimum Gasteiger partial charge on any atom is -0.317 e. The molecule has 2 atom stereocenters. The van der Waals surface area contributed by atoms with E-state index in [0.29, 0.717) is 11.5 Å². The molecular formula is C15H32N2. The molecule has 1 fully saturated rings. The lowest BCUT2D eigenvalue weighted by molar-refractivity contribution is 0.0930. The van der Waals surface area contributed by atoms with Crippen LogP contribution in [-0.2, 0) is 0 Å². The first-order valence-electron chi connectivity index (χ1n) is 7.31. The van der Waals surface area contributed by atoms with Crippen LogP contribution >= 0.6 is 0 Å². The molecule has 2 heteroatoms. The van der Waals surface area contributed by atoms with Crippen molar-refractivity contribution in [3.8, 4) is 0 Å². The van der Waals surface area contributed by atoms with Crippen LogP contribution in [-0.4, -0.2) is 37.1 Å². The van der Waals surface area contributed by atoms with Gasteiger partial charge in [-0.1, -0.05) is 20.8 Å². The number of hydrogen-bond donors (Lipinski definition) is 1. The molecule has 2 unspecified atom stereocenters. The summed E-state index contributed by atoms with van der Waals surface area (Å²) in [4.78, 5) is 2.61. The van der Waals surface area contributed by atoms with Crippen molar-refractivity contribution >= 4 is 0 Å². The first-order chi connectivity index (χ1) is 7.89. The van der Waals surface area contributed by atoms with Crippen molar-refractivity contribution in [1.29, 1.82) is 0 Å². The first-order valence-corrected chi connectivity index (χ1v) is 7.31. The third kappa shape index (κ3) is 4.26. The average molecular weight is 240 g/mol. The highest BCUT2D eigenvalue weighted by molar-refractivity contribution is 4.89. The maximum Gasteiger partial charge on any atom is 0.0105 e. The molecule has 1 rings (SSSR count). The lowest BCUT2D eigenvalue weighted by Gasteiger charge is -2.43. The Hall–Kier alpha value is -0.0800. The zero-order valence-electron chi connectivity index (χ0n) is 12.7. The SMILES string of the molecule is CCN(CC1CC(C)(C)CCC1NC)C(C)C. The Morgan fingerprint density at radius 1 is 1.35 bits per heavy atom. The predicted molar refractivity (Wildman–Crippen MR) is 76.4 cm³/mol. The van der Waals surface area contributed by atoms with E-state index < -0.39 is 0 Å². The largest absolute Gasteiger partial charge is 0.317 e. The fraction of sp³-hybridized carbons (Fsp3) is 1.00. The van der Waals surface area contributed by atoms with Gasteiger partial charge in [0.15, 0.2) is 0 Å². The van der Waals surface area contributed by atoms with Crippen LogP contribution in [0.2, 0.25) is 0 Å². The van der Waals surface area contributed by atoms with Gasteiger partial charge in [-0.2, -0.15) is 0 Å². The molecule has 0 aromatic heterocycles. The summed E-state index contributed by atoms with van der Waals surface area (Å²) in [5.74, 6) is 0.811. The molecular weight excluding hydrogens is 208 g/mol. The van der Waals surface area contributed by atoms with E-state index in [-0.39, 0.29) is 0 Å². The van der Waals surface area contributed by atoms with Gasteiger partial charge in [0.2, 0.25) is 0 Å². The summed E-state index contributed by atoms with van der Waals surface area (Å²) in [5.41, 5.74) is 0.536. The van der Waals surface area contributed by atoms with Crippen molar-refractivity contribution < 1.29 is 0 Å². The van der Waals surface area contributed by atoms with Crippen LogP contribution in [0.3, 0.4) is 0 Å². The normalized spacial score (nSPS) is 28.9. The minimum absolute atomic E-state index is 0.536. The van der Waals surface area contributed by atoms with Crippen molar-refractivity contribution in [2.45, 2.75) is 66.0 Å². The number of rotatable bonds is 5. The molecule has 1 saturated carbocycles. The third-order valence-electron chi connectivity index (χ3n) is 4.49. The maximum absolute atomic E-state index is 3.53. The Kier molecular flexibility index (Phi) is 5.46. The van der Waals surface area contributed by atoms with Gasteiger partial charge < -0.3 is 10.2 Å². The van der Waals surface area contributed by atoms with Gasteiger partial charge in [0.05, 0.1) is 0 Å². The smallest absolute Gasteiger partial charge is 0.0105 e. The second kappa shape index (κ2) is 6.19. The van der Waals surface area contributed by atoms with E-state index in [4.69, 9.17) is 0 Å². The van der Waals surface area contributed by atoms with Gasteiger partial charge in [-0.3, -0.25) is 0 Å². The van der Waals surface area contributed by atoms with E-state index in [2.05, 4.69) is 51.9 Å². The Morgan fingerprint density at radius 3 is 2.47 bits per heavy atom. The van der Waals surface area contributed by atoms with E-state index in [9.17, 15) is 0 Å². The monoisotopic (exact) mass is 240 g/mol. The average Bonchev–Trinajstić information content (AvgIpc) is 2.24. The quantitative estimate of drug-likeness (QED) is 0.794. The molecule has 1 aliphatic carbocycles. The van der Waals surface area contributed by atoms with E-state index >= 15 is 0 Å². The molecule has 17 heavy (non-hydrogen) atoms. The Morgan fingerprint density at radius 2 is 2.00 bits per heavy atom. The van der Waals surface area contributed by atoms with Gasteiger partial charge in [-0.25, -0.2) is 0 Å². The maximum atomic E-state index is 3.53. The van der Waals surface area contributed by atoms with Crippen LogP contribution in [0.15, 0.2) is 0 Å². The van der Waals surface area contributed by atoms with Crippen molar-refractivity contribution in [2.24, 2.45) is 11.3 Å². The highest BCUT2D eigenvalue weighted by Crippen LogP contribution is 2.39. The lowest BCUT2D eigenvalue weighted by atomic mass is 9.69.